The van der Waals surface area contributed by atoms with E-state index < -0.39 is 6.61 Å². The molecule has 4 nitrogen and oxygen atoms in total. The molecule has 1 heterocycles. The van der Waals surface area contributed by atoms with Gasteiger partial charge >= 0.3 is 0 Å². The first-order valence-electron chi connectivity index (χ1n) is 5.08. The van der Waals surface area contributed by atoms with Crippen molar-refractivity contribution < 1.29 is 14.6 Å². The molecule has 1 amide bonds. The van der Waals surface area contributed by atoms with Crippen molar-refractivity contribution in [1.82, 2.24) is 4.90 Å². The summed E-state index contributed by atoms with van der Waals surface area (Å²) < 4.78 is 5.67. The Hall–Kier alpha value is -0.610. The average Bonchev–Trinajstić information content (AvgIpc) is 2.46. The van der Waals surface area contributed by atoms with E-state index in [1.165, 1.54) is 0 Å². The van der Waals surface area contributed by atoms with Crippen LogP contribution in [0.1, 0.15) is 20.8 Å². The SMILES string of the molecule is CC(C)O[C@H]1CN(C(=O)CO)C[C@@H]1C. The van der Waals surface area contributed by atoms with Crippen molar-refractivity contribution in [3.05, 3.63) is 0 Å². The Morgan fingerprint density at radius 2 is 2.21 bits per heavy atom. The highest BCUT2D eigenvalue weighted by molar-refractivity contribution is 5.77. The molecule has 0 spiro atoms. The molecule has 2 atom stereocenters. The molecule has 0 aromatic rings. The number of amides is 1. The van der Waals surface area contributed by atoms with Gasteiger partial charge in [0.15, 0.2) is 0 Å². The fourth-order valence-electron chi connectivity index (χ4n) is 1.77. The number of aliphatic hydroxyl groups excluding tert-OH is 1. The number of ether oxygens (including phenoxy) is 1. The normalized spacial score (nSPS) is 27.4. The van der Waals surface area contributed by atoms with Crippen LogP contribution in [0, 0.1) is 5.92 Å². The molecule has 0 radical (unpaired) electrons. The van der Waals surface area contributed by atoms with E-state index in [1.807, 2.05) is 13.8 Å². The first-order valence-corrected chi connectivity index (χ1v) is 5.08. The van der Waals surface area contributed by atoms with Crippen molar-refractivity contribution in [2.24, 2.45) is 5.92 Å². The van der Waals surface area contributed by atoms with E-state index in [0.29, 0.717) is 19.0 Å². The number of hydrogen-bond acceptors (Lipinski definition) is 3. The number of nitrogens with zero attached hydrogens (tertiary/aromatic N) is 1. The predicted molar refractivity (Wildman–Crippen MR) is 52.8 cm³/mol. The summed E-state index contributed by atoms with van der Waals surface area (Å²) in [4.78, 5) is 12.9. The largest absolute Gasteiger partial charge is 0.387 e. The lowest BCUT2D eigenvalue weighted by atomic mass is 10.1. The summed E-state index contributed by atoms with van der Waals surface area (Å²) in [5, 5.41) is 8.72. The van der Waals surface area contributed by atoms with E-state index in [-0.39, 0.29) is 18.1 Å². The third kappa shape index (κ3) is 2.69. The second-order valence-corrected chi connectivity index (χ2v) is 4.16. The van der Waals surface area contributed by atoms with Crippen molar-refractivity contribution in [1.29, 1.82) is 0 Å². The molecule has 4 heteroatoms. The fraction of sp³-hybridized carbons (Fsp3) is 0.900. The van der Waals surface area contributed by atoms with E-state index in [4.69, 9.17) is 9.84 Å². The van der Waals surface area contributed by atoms with Gasteiger partial charge in [0.05, 0.1) is 12.2 Å². The number of likely N-dealkylation sites (tertiary alicyclic amines) is 1. The zero-order valence-corrected chi connectivity index (χ0v) is 9.06. The molecule has 1 aliphatic heterocycles. The molecule has 1 rings (SSSR count). The van der Waals surface area contributed by atoms with Crippen LogP contribution in [0.25, 0.3) is 0 Å². The van der Waals surface area contributed by atoms with E-state index in [0.717, 1.165) is 0 Å². The quantitative estimate of drug-likeness (QED) is 0.712. The Kier molecular flexibility index (Phi) is 3.89. The number of hydrogen-bond donors (Lipinski definition) is 1. The van der Waals surface area contributed by atoms with Crippen molar-refractivity contribution in [2.45, 2.75) is 33.0 Å². The van der Waals surface area contributed by atoms with Gasteiger partial charge in [0.25, 0.3) is 0 Å². The highest BCUT2D eigenvalue weighted by Crippen LogP contribution is 2.20. The number of rotatable bonds is 3. The number of carbonyl (C=O) groups is 1. The first-order chi connectivity index (χ1) is 6.54. The second kappa shape index (κ2) is 4.75. The topological polar surface area (TPSA) is 49.8 Å². The van der Waals surface area contributed by atoms with Gasteiger partial charge in [0.2, 0.25) is 5.91 Å². The maximum atomic E-state index is 11.2. The second-order valence-electron chi connectivity index (χ2n) is 4.16. The van der Waals surface area contributed by atoms with Gasteiger partial charge in [-0.3, -0.25) is 4.79 Å². The average molecular weight is 201 g/mol. The van der Waals surface area contributed by atoms with Gasteiger partial charge in [-0.25, -0.2) is 0 Å². The van der Waals surface area contributed by atoms with Crippen molar-refractivity contribution in [3.8, 4) is 0 Å². The van der Waals surface area contributed by atoms with Gasteiger partial charge in [-0.05, 0) is 13.8 Å². The molecule has 0 saturated carbocycles. The monoisotopic (exact) mass is 201 g/mol. The summed E-state index contributed by atoms with van der Waals surface area (Å²) in [5.41, 5.74) is 0. The maximum Gasteiger partial charge on any atom is 0.248 e. The zero-order valence-electron chi connectivity index (χ0n) is 9.06. The Morgan fingerprint density at radius 3 is 2.71 bits per heavy atom. The Morgan fingerprint density at radius 1 is 1.57 bits per heavy atom. The van der Waals surface area contributed by atoms with Crippen LogP contribution in [-0.2, 0) is 9.53 Å². The van der Waals surface area contributed by atoms with Crippen LogP contribution in [0.4, 0.5) is 0 Å². The van der Waals surface area contributed by atoms with Crippen LogP contribution >= 0.6 is 0 Å². The molecule has 0 aliphatic carbocycles. The maximum absolute atomic E-state index is 11.2. The van der Waals surface area contributed by atoms with Crippen molar-refractivity contribution >= 4 is 5.91 Å². The molecule has 1 fully saturated rings. The fourth-order valence-corrected chi connectivity index (χ4v) is 1.77. The summed E-state index contributed by atoms with van der Waals surface area (Å²) in [5.74, 6) is 0.152. The van der Waals surface area contributed by atoms with Crippen LogP contribution < -0.4 is 0 Å². The lowest BCUT2D eigenvalue weighted by molar-refractivity contribution is -0.133. The molecule has 0 aromatic carbocycles. The van der Waals surface area contributed by atoms with E-state index in [2.05, 4.69) is 6.92 Å². The lowest BCUT2D eigenvalue weighted by Gasteiger charge is -2.18. The molecular weight excluding hydrogens is 182 g/mol. The highest BCUT2D eigenvalue weighted by Gasteiger charge is 2.33. The Bertz CT molecular complexity index is 206. The molecule has 1 N–H and O–H groups in total. The minimum atomic E-state index is -0.402. The minimum Gasteiger partial charge on any atom is -0.387 e. The lowest BCUT2D eigenvalue weighted by Crippen LogP contribution is -2.32. The summed E-state index contributed by atoms with van der Waals surface area (Å²) in [6.07, 6.45) is 0.303. The van der Waals surface area contributed by atoms with Crippen LogP contribution in [0.5, 0.6) is 0 Å². The third-order valence-electron chi connectivity index (χ3n) is 2.48. The molecule has 1 saturated heterocycles. The Labute approximate surface area is 84.8 Å². The zero-order chi connectivity index (χ0) is 10.7. The van der Waals surface area contributed by atoms with Crippen molar-refractivity contribution in [2.75, 3.05) is 19.7 Å². The van der Waals surface area contributed by atoms with Crippen LogP contribution in [0.15, 0.2) is 0 Å². The van der Waals surface area contributed by atoms with Crippen molar-refractivity contribution in [3.63, 3.8) is 0 Å². The minimum absolute atomic E-state index is 0.116. The molecule has 0 unspecified atom stereocenters. The van der Waals surface area contributed by atoms with Gasteiger partial charge in [-0.15, -0.1) is 0 Å². The molecule has 0 aromatic heterocycles. The summed E-state index contributed by atoms with van der Waals surface area (Å²) in [7, 11) is 0. The van der Waals surface area contributed by atoms with Gasteiger partial charge in [-0.1, -0.05) is 6.92 Å². The molecular formula is C10H19NO3. The van der Waals surface area contributed by atoms with Gasteiger partial charge in [0.1, 0.15) is 6.61 Å². The van der Waals surface area contributed by atoms with E-state index in [1.54, 1.807) is 4.90 Å². The first kappa shape index (κ1) is 11.5. The standard InChI is InChI=1S/C10H19NO3/c1-7(2)14-9-5-11(4-8(9)3)10(13)6-12/h7-9,12H,4-6H2,1-3H3/t8-,9-/m0/s1. The smallest absolute Gasteiger partial charge is 0.248 e. The molecule has 1 aliphatic rings. The highest BCUT2D eigenvalue weighted by atomic mass is 16.5. The Balaban J connectivity index is 2.47. The number of carbonyl (C=O) groups excluding carboxylic acids is 1. The van der Waals surface area contributed by atoms with Gasteiger partial charge < -0.3 is 14.7 Å². The van der Waals surface area contributed by atoms with Gasteiger partial charge in [0, 0.05) is 19.0 Å². The number of aliphatic hydroxyl groups is 1. The van der Waals surface area contributed by atoms with E-state index in [9.17, 15) is 4.79 Å². The molecule has 14 heavy (non-hydrogen) atoms. The summed E-state index contributed by atoms with van der Waals surface area (Å²) in [6, 6.07) is 0. The molecule has 82 valence electrons. The van der Waals surface area contributed by atoms with E-state index >= 15 is 0 Å². The molecule has 0 bridgehead atoms. The predicted octanol–water partition coefficient (Wildman–Crippen LogP) is 0.251. The van der Waals surface area contributed by atoms with Gasteiger partial charge in [-0.2, -0.15) is 0 Å². The van der Waals surface area contributed by atoms with Crippen LogP contribution in [0.2, 0.25) is 0 Å². The summed E-state index contributed by atoms with van der Waals surface area (Å²) >= 11 is 0. The third-order valence-corrected chi connectivity index (χ3v) is 2.48. The summed E-state index contributed by atoms with van der Waals surface area (Å²) in [6.45, 7) is 6.95. The van der Waals surface area contributed by atoms with Crippen LogP contribution in [-0.4, -0.2) is 47.8 Å². The van der Waals surface area contributed by atoms with Crippen LogP contribution in [0.3, 0.4) is 0 Å².